The Kier molecular flexibility index (Phi) is 5.22. The molecular weight excluding hydrogens is 386 g/mol. The minimum absolute atomic E-state index is 0.0168. The minimum atomic E-state index is -0.810. The quantitative estimate of drug-likeness (QED) is 0.619. The third-order valence-corrected chi connectivity index (χ3v) is 5.27. The first kappa shape index (κ1) is 20.0. The van der Waals surface area contributed by atoms with E-state index in [1.807, 2.05) is 13.8 Å². The molecule has 1 amide bonds. The highest BCUT2D eigenvalue weighted by Crippen LogP contribution is 2.29. The van der Waals surface area contributed by atoms with Crippen molar-refractivity contribution in [2.75, 3.05) is 19.7 Å². The van der Waals surface area contributed by atoms with Crippen molar-refractivity contribution in [3.63, 3.8) is 0 Å². The largest absolute Gasteiger partial charge is 0.452 e. The van der Waals surface area contributed by atoms with Crippen LogP contribution in [-0.2, 0) is 14.3 Å². The number of hydrogen-bond donors (Lipinski definition) is 0. The van der Waals surface area contributed by atoms with E-state index < -0.39 is 18.4 Å². The Labute approximate surface area is 173 Å². The van der Waals surface area contributed by atoms with Gasteiger partial charge in [0.05, 0.1) is 17.8 Å². The molecule has 0 saturated carbocycles. The molecule has 1 aliphatic carbocycles. The van der Waals surface area contributed by atoms with Gasteiger partial charge in [-0.3, -0.25) is 14.4 Å². The first-order chi connectivity index (χ1) is 14.4. The van der Waals surface area contributed by atoms with Crippen molar-refractivity contribution in [1.29, 1.82) is 0 Å². The van der Waals surface area contributed by atoms with Gasteiger partial charge in [0, 0.05) is 35.3 Å². The number of benzene rings is 2. The van der Waals surface area contributed by atoms with Crippen molar-refractivity contribution in [2.24, 2.45) is 0 Å². The fraction of sp³-hybridized carbons (Fsp3) is 0.304. The van der Waals surface area contributed by atoms with Crippen molar-refractivity contribution >= 4 is 23.4 Å². The van der Waals surface area contributed by atoms with E-state index in [0.717, 1.165) is 0 Å². The van der Waals surface area contributed by atoms with Gasteiger partial charge >= 0.3 is 5.97 Å². The summed E-state index contributed by atoms with van der Waals surface area (Å²) >= 11 is 0. The Balaban J connectivity index is 1.54. The van der Waals surface area contributed by atoms with Gasteiger partial charge < -0.3 is 14.4 Å². The van der Waals surface area contributed by atoms with Gasteiger partial charge in [-0.25, -0.2) is 4.79 Å². The summed E-state index contributed by atoms with van der Waals surface area (Å²) in [6.07, 6.45) is -0.198. The van der Waals surface area contributed by atoms with Gasteiger partial charge in [-0.05, 0) is 19.9 Å². The highest BCUT2D eigenvalue weighted by atomic mass is 16.5. The first-order valence-corrected chi connectivity index (χ1v) is 9.78. The number of morpholine rings is 1. The van der Waals surface area contributed by atoms with Crippen molar-refractivity contribution < 1.29 is 28.7 Å². The standard InChI is InChI=1S/C23H21NO6/c1-13-10-24(11-14(2)30-13)19(25)12-29-23(28)18-9-5-8-17-20(18)22(27)16-7-4-3-6-15(16)21(17)26/h3-9,13-14H,10-12H2,1-2H3/t13-,14-/m0/s1. The van der Waals surface area contributed by atoms with Gasteiger partial charge in [-0.1, -0.05) is 36.4 Å². The number of amides is 1. The molecular formula is C23H21NO6. The lowest BCUT2D eigenvalue weighted by Gasteiger charge is -2.35. The van der Waals surface area contributed by atoms with E-state index in [1.54, 1.807) is 29.2 Å². The Morgan fingerprint density at radius 1 is 0.933 bits per heavy atom. The van der Waals surface area contributed by atoms with Crippen molar-refractivity contribution in [1.82, 2.24) is 4.90 Å². The molecule has 2 atom stereocenters. The molecule has 2 aromatic carbocycles. The van der Waals surface area contributed by atoms with E-state index in [1.165, 1.54) is 18.2 Å². The van der Waals surface area contributed by atoms with Gasteiger partial charge in [0.2, 0.25) is 0 Å². The highest BCUT2D eigenvalue weighted by Gasteiger charge is 2.33. The smallest absolute Gasteiger partial charge is 0.339 e. The van der Waals surface area contributed by atoms with Crippen LogP contribution >= 0.6 is 0 Å². The summed E-state index contributed by atoms with van der Waals surface area (Å²) in [6, 6.07) is 11.0. The zero-order valence-corrected chi connectivity index (χ0v) is 16.7. The summed E-state index contributed by atoms with van der Waals surface area (Å²) in [5.41, 5.74) is 0.730. The molecule has 1 aliphatic heterocycles. The number of ether oxygens (including phenoxy) is 2. The van der Waals surface area contributed by atoms with E-state index in [0.29, 0.717) is 18.7 Å². The lowest BCUT2D eigenvalue weighted by molar-refractivity contribution is -0.146. The average molecular weight is 407 g/mol. The van der Waals surface area contributed by atoms with Crippen LogP contribution in [0, 0.1) is 0 Å². The second-order valence-electron chi connectivity index (χ2n) is 7.56. The van der Waals surface area contributed by atoms with E-state index in [-0.39, 0.29) is 46.2 Å². The Morgan fingerprint density at radius 3 is 2.20 bits per heavy atom. The average Bonchev–Trinajstić information content (AvgIpc) is 2.74. The maximum Gasteiger partial charge on any atom is 0.339 e. The van der Waals surface area contributed by atoms with Crippen LogP contribution in [0.15, 0.2) is 42.5 Å². The first-order valence-electron chi connectivity index (χ1n) is 9.78. The molecule has 1 heterocycles. The fourth-order valence-corrected chi connectivity index (χ4v) is 3.99. The van der Waals surface area contributed by atoms with Crippen molar-refractivity contribution in [3.8, 4) is 0 Å². The Bertz CT molecular complexity index is 1050. The van der Waals surface area contributed by atoms with Crippen molar-refractivity contribution in [2.45, 2.75) is 26.1 Å². The molecule has 0 spiro atoms. The third-order valence-electron chi connectivity index (χ3n) is 5.27. The molecule has 0 N–H and O–H groups in total. The molecule has 1 fully saturated rings. The Morgan fingerprint density at radius 2 is 1.53 bits per heavy atom. The van der Waals surface area contributed by atoms with Gasteiger partial charge in [0.15, 0.2) is 18.2 Å². The lowest BCUT2D eigenvalue weighted by Crippen LogP contribution is -2.49. The molecule has 1 saturated heterocycles. The molecule has 7 nitrogen and oxygen atoms in total. The van der Waals surface area contributed by atoms with Crippen LogP contribution in [0.3, 0.4) is 0 Å². The molecule has 30 heavy (non-hydrogen) atoms. The molecule has 4 rings (SSSR count). The summed E-state index contributed by atoms with van der Waals surface area (Å²) < 4.78 is 10.8. The third kappa shape index (κ3) is 3.52. The second-order valence-corrected chi connectivity index (χ2v) is 7.56. The van der Waals surface area contributed by atoms with Crippen LogP contribution in [0.2, 0.25) is 0 Å². The van der Waals surface area contributed by atoms with Crippen molar-refractivity contribution in [3.05, 3.63) is 70.3 Å². The van der Waals surface area contributed by atoms with Gasteiger partial charge in [0.1, 0.15) is 0 Å². The summed E-state index contributed by atoms with van der Waals surface area (Å²) in [5.74, 6) is -1.87. The highest BCUT2D eigenvalue weighted by molar-refractivity contribution is 6.30. The van der Waals surface area contributed by atoms with E-state index in [2.05, 4.69) is 0 Å². The predicted octanol–water partition coefficient (Wildman–Crippen LogP) is 2.25. The SMILES string of the molecule is C[C@H]1CN(C(=O)COC(=O)c2cccc3c2C(=O)c2ccccc2C3=O)C[C@H](C)O1. The maximum atomic E-state index is 13.0. The van der Waals surface area contributed by atoms with Crippen LogP contribution in [0.1, 0.15) is 56.0 Å². The summed E-state index contributed by atoms with van der Waals surface area (Å²) in [7, 11) is 0. The van der Waals surface area contributed by atoms with Crippen LogP contribution in [-0.4, -0.2) is 60.2 Å². The predicted molar refractivity (Wildman–Crippen MR) is 107 cm³/mol. The number of hydrogen-bond acceptors (Lipinski definition) is 6. The zero-order valence-electron chi connectivity index (χ0n) is 16.7. The number of carbonyl (C=O) groups is 4. The van der Waals surface area contributed by atoms with E-state index in [4.69, 9.17) is 9.47 Å². The molecule has 0 aromatic heterocycles. The van der Waals surface area contributed by atoms with E-state index in [9.17, 15) is 19.2 Å². The molecule has 2 aliphatic rings. The maximum absolute atomic E-state index is 13.0. The van der Waals surface area contributed by atoms with Crippen LogP contribution in [0.5, 0.6) is 0 Å². The summed E-state index contributed by atoms with van der Waals surface area (Å²) in [5, 5.41) is 0. The molecule has 2 aromatic rings. The van der Waals surface area contributed by atoms with E-state index >= 15 is 0 Å². The number of esters is 1. The molecule has 0 bridgehead atoms. The van der Waals surface area contributed by atoms with Gasteiger partial charge in [0.25, 0.3) is 5.91 Å². The summed E-state index contributed by atoms with van der Waals surface area (Å²) in [4.78, 5) is 52.5. The molecule has 7 heteroatoms. The second kappa shape index (κ2) is 7.84. The van der Waals surface area contributed by atoms with Crippen LogP contribution in [0.25, 0.3) is 0 Å². The number of rotatable bonds is 3. The number of fused-ring (bicyclic) bond motifs is 2. The Hall–Kier alpha value is -3.32. The fourth-order valence-electron chi connectivity index (χ4n) is 3.99. The topological polar surface area (TPSA) is 90.0 Å². The number of nitrogens with zero attached hydrogens (tertiary/aromatic N) is 1. The number of ketones is 2. The van der Waals surface area contributed by atoms with Crippen LogP contribution in [0.4, 0.5) is 0 Å². The summed E-state index contributed by atoms with van der Waals surface area (Å²) in [6.45, 7) is 4.15. The molecule has 0 radical (unpaired) electrons. The molecule has 154 valence electrons. The minimum Gasteiger partial charge on any atom is -0.452 e. The monoisotopic (exact) mass is 407 g/mol. The normalized spacial score (nSPS) is 20.4. The molecule has 0 unspecified atom stereocenters. The van der Waals surface area contributed by atoms with Gasteiger partial charge in [-0.2, -0.15) is 0 Å². The lowest BCUT2D eigenvalue weighted by atomic mass is 9.82. The van der Waals surface area contributed by atoms with Gasteiger partial charge in [-0.15, -0.1) is 0 Å². The van der Waals surface area contributed by atoms with Crippen LogP contribution < -0.4 is 0 Å². The number of carbonyl (C=O) groups excluding carboxylic acids is 4. The zero-order chi connectivity index (χ0) is 21.4.